The van der Waals surface area contributed by atoms with Crippen LogP contribution in [-0.2, 0) is 25.3 Å². The molecule has 0 radical (unpaired) electrons. The fourth-order valence-corrected chi connectivity index (χ4v) is 8.50. The lowest BCUT2D eigenvalue weighted by Gasteiger charge is -2.35. The zero-order chi connectivity index (χ0) is 39.6. The van der Waals surface area contributed by atoms with Crippen LogP contribution in [0.15, 0.2) is 42.5 Å². The summed E-state index contributed by atoms with van der Waals surface area (Å²) in [4.78, 5) is 42.3. The van der Waals surface area contributed by atoms with Crippen molar-refractivity contribution in [1.82, 2.24) is 18.9 Å². The van der Waals surface area contributed by atoms with Crippen molar-refractivity contribution in [3.63, 3.8) is 0 Å². The van der Waals surface area contributed by atoms with Crippen molar-refractivity contribution in [2.45, 2.75) is 60.4 Å². The Kier molecular flexibility index (Phi) is 9.98. The predicted octanol–water partition coefficient (Wildman–Crippen LogP) is 9.18. The Morgan fingerprint density at radius 3 is 2.33 bits per heavy atom. The van der Waals surface area contributed by atoms with Crippen molar-refractivity contribution >= 4 is 68.5 Å². The molecule has 1 N–H and O–H groups in total. The maximum Gasteiger partial charge on any atom is 0.354 e. The van der Waals surface area contributed by atoms with Crippen LogP contribution < -0.4 is 9.64 Å². The molecule has 1 aliphatic rings. The van der Waals surface area contributed by atoms with Crippen LogP contribution in [0.5, 0.6) is 5.75 Å². The standard InChI is InChI=1S/C42H43Cl2N5O6/c1-9-54-42(53)33-18-26-17-27(41(51)52)19-32(37(26)46(33)7)48-20-23(4)49-38-30(12-13-31(43)35(38)34-24(5)45-47(8)25(34)6)29(39(49)40(48)50)11-10-14-55-28-15-21(2)36(44)22(3)16-28/h12-13,15-19,23H,9-11,14,20H2,1-8H3,(H,51,52)/t23-/m1/s1. The number of aromatic nitrogens is 4. The molecule has 3 aromatic heterocycles. The first-order valence-electron chi connectivity index (χ1n) is 18.3. The third-order valence-electron chi connectivity index (χ3n) is 10.7. The molecule has 3 aromatic carbocycles. The second kappa shape index (κ2) is 14.4. The predicted molar refractivity (Wildman–Crippen MR) is 216 cm³/mol. The third-order valence-corrected chi connectivity index (χ3v) is 11.6. The first-order valence-corrected chi connectivity index (χ1v) is 19.0. The summed E-state index contributed by atoms with van der Waals surface area (Å²) in [6.07, 6.45) is 1.10. The van der Waals surface area contributed by atoms with E-state index < -0.39 is 11.9 Å². The molecule has 11 nitrogen and oxygen atoms in total. The van der Waals surface area contributed by atoms with E-state index >= 15 is 4.79 Å². The van der Waals surface area contributed by atoms with Crippen LogP contribution in [0.25, 0.3) is 32.9 Å². The monoisotopic (exact) mass is 783 g/mol. The first kappa shape index (κ1) is 38.0. The van der Waals surface area contributed by atoms with Gasteiger partial charge in [-0.05, 0) is 107 Å². The summed E-state index contributed by atoms with van der Waals surface area (Å²) in [7, 11) is 3.62. The summed E-state index contributed by atoms with van der Waals surface area (Å²) in [5, 5.41) is 17.5. The minimum atomic E-state index is -1.15. The molecule has 0 spiro atoms. The molecule has 6 aromatic rings. The molecule has 0 saturated heterocycles. The van der Waals surface area contributed by atoms with Crippen molar-refractivity contribution in [3.8, 4) is 16.9 Å². The maximum absolute atomic E-state index is 15.2. The molecule has 0 aliphatic carbocycles. The fourth-order valence-electron chi connectivity index (χ4n) is 8.15. The van der Waals surface area contributed by atoms with E-state index in [4.69, 9.17) is 37.8 Å². The number of ether oxygens (including phenoxy) is 2. The summed E-state index contributed by atoms with van der Waals surface area (Å²) in [6.45, 7) is 12.4. The maximum atomic E-state index is 15.2. The molecule has 7 rings (SSSR count). The number of hydrogen-bond donors (Lipinski definition) is 1. The van der Waals surface area contributed by atoms with Gasteiger partial charge in [-0.2, -0.15) is 5.10 Å². The molecule has 0 saturated carbocycles. The first-order chi connectivity index (χ1) is 26.1. The van der Waals surface area contributed by atoms with Gasteiger partial charge in [0.25, 0.3) is 5.91 Å². The van der Waals surface area contributed by atoms with E-state index in [1.54, 1.807) is 29.5 Å². The lowest BCUT2D eigenvalue weighted by Crippen LogP contribution is -2.43. The molecular weight excluding hydrogens is 741 g/mol. The lowest BCUT2D eigenvalue weighted by atomic mass is 9.98. The van der Waals surface area contributed by atoms with Gasteiger partial charge in [0.2, 0.25) is 0 Å². The number of rotatable bonds is 10. The van der Waals surface area contributed by atoms with Crippen LogP contribution in [0.3, 0.4) is 0 Å². The van der Waals surface area contributed by atoms with E-state index in [1.165, 1.54) is 12.1 Å². The average Bonchev–Trinajstić information content (AvgIpc) is 3.74. The lowest BCUT2D eigenvalue weighted by molar-refractivity contribution is 0.0515. The highest BCUT2D eigenvalue weighted by Crippen LogP contribution is 2.46. The summed E-state index contributed by atoms with van der Waals surface area (Å²) in [5.74, 6) is -1.26. The number of anilines is 1. The van der Waals surface area contributed by atoms with Gasteiger partial charge in [0.1, 0.15) is 17.1 Å². The number of halogens is 2. The number of carboxylic acid groups (broad SMARTS) is 1. The molecular formula is C42H43Cl2N5O6. The number of hydrogen-bond acceptors (Lipinski definition) is 6. The van der Waals surface area contributed by atoms with Gasteiger partial charge in [-0.1, -0.05) is 29.3 Å². The molecule has 1 amide bonds. The molecule has 0 bridgehead atoms. The van der Waals surface area contributed by atoms with E-state index in [9.17, 15) is 14.7 Å². The number of nitrogens with zero attached hydrogens (tertiary/aromatic N) is 5. The van der Waals surface area contributed by atoms with Gasteiger partial charge < -0.3 is 28.6 Å². The molecule has 286 valence electrons. The molecule has 0 unspecified atom stereocenters. The van der Waals surface area contributed by atoms with E-state index in [0.29, 0.717) is 51.8 Å². The topological polar surface area (TPSA) is 121 Å². The van der Waals surface area contributed by atoms with Crippen LogP contribution in [0, 0.1) is 27.7 Å². The largest absolute Gasteiger partial charge is 0.494 e. The Balaban J connectivity index is 1.41. The summed E-state index contributed by atoms with van der Waals surface area (Å²) >= 11 is 13.5. The van der Waals surface area contributed by atoms with Crippen molar-refractivity contribution in [1.29, 1.82) is 0 Å². The average molecular weight is 785 g/mol. The summed E-state index contributed by atoms with van der Waals surface area (Å²) < 4.78 is 17.1. The number of amides is 1. The van der Waals surface area contributed by atoms with Crippen molar-refractivity contribution in [2.24, 2.45) is 14.1 Å². The van der Waals surface area contributed by atoms with E-state index in [1.807, 2.05) is 70.6 Å². The van der Waals surface area contributed by atoms with Gasteiger partial charge >= 0.3 is 11.9 Å². The zero-order valence-electron chi connectivity index (χ0n) is 32.1. The van der Waals surface area contributed by atoms with Crippen molar-refractivity contribution in [2.75, 3.05) is 24.7 Å². The van der Waals surface area contributed by atoms with Crippen molar-refractivity contribution in [3.05, 3.63) is 97.5 Å². The number of benzene rings is 3. The molecule has 13 heteroatoms. The highest BCUT2D eigenvalue weighted by molar-refractivity contribution is 6.35. The molecule has 0 fully saturated rings. The Morgan fingerprint density at radius 1 is 0.982 bits per heavy atom. The van der Waals surface area contributed by atoms with Crippen LogP contribution in [0.1, 0.15) is 85.7 Å². The second-order valence-electron chi connectivity index (χ2n) is 14.3. The number of aryl methyl sites for hydroxylation is 6. The van der Waals surface area contributed by atoms with Crippen LogP contribution >= 0.6 is 23.2 Å². The van der Waals surface area contributed by atoms with Gasteiger partial charge in [-0.15, -0.1) is 0 Å². The Morgan fingerprint density at radius 2 is 1.69 bits per heavy atom. The molecule has 4 heterocycles. The summed E-state index contributed by atoms with van der Waals surface area (Å²) in [6, 6.07) is 12.1. The van der Waals surface area contributed by atoms with Crippen LogP contribution in [0.2, 0.25) is 10.0 Å². The van der Waals surface area contributed by atoms with E-state index in [-0.39, 0.29) is 36.4 Å². The number of carbonyl (C=O) groups is 3. The molecule has 1 atom stereocenters. The highest BCUT2D eigenvalue weighted by atomic mass is 35.5. The quantitative estimate of drug-likeness (QED) is 0.109. The number of carbonyl (C=O) groups excluding carboxylic acids is 2. The highest BCUT2D eigenvalue weighted by Gasteiger charge is 2.38. The van der Waals surface area contributed by atoms with E-state index in [2.05, 4.69) is 4.57 Å². The van der Waals surface area contributed by atoms with Gasteiger partial charge in [-0.3, -0.25) is 9.48 Å². The van der Waals surface area contributed by atoms with Gasteiger partial charge in [0.15, 0.2) is 0 Å². The van der Waals surface area contributed by atoms with Crippen LogP contribution in [-0.4, -0.2) is 61.6 Å². The normalized spacial score (nSPS) is 14.3. The number of esters is 1. The second-order valence-corrected chi connectivity index (χ2v) is 15.1. The third kappa shape index (κ3) is 6.33. The van der Waals surface area contributed by atoms with Crippen LogP contribution in [0.4, 0.5) is 5.69 Å². The molecule has 1 aliphatic heterocycles. The number of fused-ring (bicyclic) bond motifs is 4. The zero-order valence-corrected chi connectivity index (χ0v) is 33.6. The summed E-state index contributed by atoms with van der Waals surface area (Å²) in [5.41, 5.74) is 8.70. The smallest absolute Gasteiger partial charge is 0.354 e. The van der Waals surface area contributed by atoms with E-state index in [0.717, 1.165) is 55.9 Å². The molecule has 55 heavy (non-hydrogen) atoms. The van der Waals surface area contributed by atoms with Gasteiger partial charge in [-0.25, -0.2) is 9.59 Å². The Hall–Kier alpha value is -5.26. The van der Waals surface area contributed by atoms with Gasteiger partial charge in [0, 0.05) is 59.3 Å². The minimum absolute atomic E-state index is 0.00304. The Labute approximate surface area is 328 Å². The van der Waals surface area contributed by atoms with Gasteiger partial charge in [0.05, 0.1) is 46.2 Å². The number of carboxylic acids is 1. The van der Waals surface area contributed by atoms with Crippen molar-refractivity contribution < 1.29 is 29.0 Å². The Bertz CT molecular complexity index is 2560. The SMILES string of the molecule is CCOC(=O)c1cc2cc(C(=O)O)cc(N3C[C@@H](C)n4c(c(CCCOc5cc(C)c(Cl)c(C)c5)c5ccc(Cl)c(-c6c(C)nn(C)c6C)c54)C3=O)c2n1C. The fraction of sp³-hybridized carbons (Fsp3) is 0.333. The number of aromatic carboxylic acids is 1. The minimum Gasteiger partial charge on any atom is -0.494 e.